The number of hydrogen-bond acceptors (Lipinski definition) is 4. The maximum Gasteiger partial charge on any atom is 0.254 e. The topological polar surface area (TPSA) is 68.8 Å². The molecule has 0 radical (unpaired) electrons. The van der Waals surface area contributed by atoms with E-state index in [1.165, 1.54) is 5.56 Å². The summed E-state index contributed by atoms with van der Waals surface area (Å²) in [7, 11) is 0. The summed E-state index contributed by atoms with van der Waals surface area (Å²) >= 11 is 0. The molecule has 0 bridgehead atoms. The summed E-state index contributed by atoms with van der Waals surface area (Å²) in [6.45, 7) is 4.82. The van der Waals surface area contributed by atoms with Gasteiger partial charge >= 0.3 is 0 Å². The zero-order valence-corrected chi connectivity index (χ0v) is 15.6. The Morgan fingerprint density at radius 1 is 1.19 bits per heavy atom. The fourth-order valence-electron chi connectivity index (χ4n) is 3.53. The third-order valence-electron chi connectivity index (χ3n) is 4.97. The number of rotatable bonds is 5. The predicted octanol–water partition coefficient (Wildman–Crippen LogP) is 2.52. The minimum Gasteiger partial charge on any atom is -0.333 e. The molecule has 0 saturated heterocycles. The highest BCUT2D eigenvalue weighted by atomic mass is 16.2. The molecule has 2 aromatic heterocycles. The van der Waals surface area contributed by atoms with Crippen molar-refractivity contribution in [2.24, 2.45) is 0 Å². The summed E-state index contributed by atoms with van der Waals surface area (Å²) in [6, 6.07) is 8.01. The van der Waals surface area contributed by atoms with E-state index >= 15 is 0 Å². The Morgan fingerprint density at radius 2 is 2.04 bits per heavy atom. The average molecular weight is 364 g/mol. The molecule has 1 aromatic carbocycles. The van der Waals surface area contributed by atoms with Gasteiger partial charge in [-0.15, -0.1) is 5.10 Å². The maximum atomic E-state index is 13.0. The number of benzene rings is 1. The zero-order chi connectivity index (χ0) is 18.6. The van der Waals surface area contributed by atoms with Crippen molar-refractivity contribution < 1.29 is 4.79 Å². The molecule has 1 amide bonds. The molecule has 0 N–H and O–H groups in total. The largest absolute Gasteiger partial charge is 0.333 e. The third-order valence-corrected chi connectivity index (χ3v) is 4.97. The first-order chi connectivity index (χ1) is 13.2. The number of fused-ring (bicyclic) bond motifs is 1. The lowest BCUT2D eigenvalue weighted by Gasteiger charge is -2.20. The van der Waals surface area contributed by atoms with E-state index in [1.54, 1.807) is 12.5 Å². The van der Waals surface area contributed by atoms with Crippen molar-refractivity contribution in [1.82, 2.24) is 29.4 Å². The van der Waals surface area contributed by atoms with Gasteiger partial charge in [-0.25, -0.2) is 9.67 Å². The van der Waals surface area contributed by atoms with Crippen LogP contribution in [0.25, 0.3) is 0 Å². The highest BCUT2D eigenvalue weighted by Crippen LogP contribution is 2.18. The molecular weight excluding hydrogens is 340 g/mol. The Balaban J connectivity index is 1.53. The van der Waals surface area contributed by atoms with E-state index in [1.807, 2.05) is 32.5 Å². The van der Waals surface area contributed by atoms with E-state index in [4.69, 9.17) is 0 Å². The quantitative estimate of drug-likeness (QED) is 0.698. The third kappa shape index (κ3) is 3.77. The van der Waals surface area contributed by atoms with Crippen LogP contribution in [0.3, 0.4) is 0 Å². The molecule has 0 aliphatic carbocycles. The molecule has 4 rings (SSSR count). The summed E-state index contributed by atoms with van der Waals surface area (Å²) in [4.78, 5) is 19.0. The van der Waals surface area contributed by atoms with Crippen molar-refractivity contribution in [2.45, 2.75) is 45.8 Å². The smallest absolute Gasteiger partial charge is 0.254 e. The van der Waals surface area contributed by atoms with Crippen LogP contribution in [0, 0.1) is 0 Å². The number of nitrogens with zero attached hydrogens (tertiary/aromatic N) is 6. The number of aryl methyl sites for hydroxylation is 2. The molecule has 0 atom stereocenters. The van der Waals surface area contributed by atoms with Crippen molar-refractivity contribution in [1.29, 1.82) is 0 Å². The highest BCUT2D eigenvalue weighted by molar-refractivity contribution is 5.94. The van der Waals surface area contributed by atoms with Crippen LogP contribution >= 0.6 is 0 Å². The first-order valence-electron chi connectivity index (χ1n) is 9.50. The fourth-order valence-corrected chi connectivity index (χ4v) is 3.53. The summed E-state index contributed by atoms with van der Waals surface area (Å²) in [5.41, 5.74) is 3.92. The van der Waals surface area contributed by atoms with E-state index in [-0.39, 0.29) is 5.91 Å². The van der Waals surface area contributed by atoms with Gasteiger partial charge < -0.3 is 9.47 Å². The lowest BCUT2D eigenvalue weighted by atomic mass is 10.1. The standard InChI is InChI=1S/C20H24N6O/c1-2-4-16-5-7-17(8-6-16)20(27)25-10-3-11-26-19(14-25)18(22-23-26)13-24-12-9-21-15-24/h5-9,12,15H,2-4,10-11,13-14H2,1H3. The molecule has 1 aliphatic heterocycles. The van der Waals surface area contributed by atoms with Gasteiger partial charge in [-0.3, -0.25) is 4.79 Å². The summed E-state index contributed by atoms with van der Waals surface area (Å²) in [5.74, 6) is 0.0706. The van der Waals surface area contributed by atoms with Crippen LogP contribution in [-0.4, -0.2) is 41.9 Å². The van der Waals surface area contributed by atoms with Gasteiger partial charge in [0.15, 0.2) is 0 Å². The van der Waals surface area contributed by atoms with Gasteiger partial charge in [0.2, 0.25) is 0 Å². The van der Waals surface area contributed by atoms with Crippen molar-refractivity contribution >= 4 is 5.91 Å². The van der Waals surface area contributed by atoms with Crippen LogP contribution in [-0.2, 0) is 26.1 Å². The Kier molecular flexibility index (Phi) is 5.00. The van der Waals surface area contributed by atoms with Crippen LogP contribution in [0.4, 0.5) is 0 Å². The highest BCUT2D eigenvalue weighted by Gasteiger charge is 2.24. The monoisotopic (exact) mass is 364 g/mol. The molecule has 3 aromatic rings. The number of hydrogen-bond donors (Lipinski definition) is 0. The lowest BCUT2D eigenvalue weighted by Crippen LogP contribution is -2.31. The van der Waals surface area contributed by atoms with E-state index in [0.29, 0.717) is 13.1 Å². The second-order valence-corrected chi connectivity index (χ2v) is 6.97. The van der Waals surface area contributed by atoms with Gasteiger partial charge in [-0.2, -0.15) is 0 Å². The van der Waals surface area contributed by atoms with Crippen LogP contribution in [0.2, 0.25) is 0 Å². The number of carbonyl (C=O) groups excluding carboxylic acids is 1. The molecule has 0 unspecified atom stereocenters. The average Bonchev–Trinajstić information content (AvgIpc) is 3.27. The molecule has 0 saturated carbocycles. The SMILES string of the molecule is CCCc1ccc(C(=O)N2CCCn3nnc(Cn4ccnc4)c3C2)cc1. The normalized spacial score (nSPS) is 14.0. The van der Waals surface area contributed by atoms with Gasteiger partial charge in [0.25, 0.3) is 5.91 Å². The van der Waals surface area contributed by atoms with Crippen molar-refractivity contribution in [3.8, 4) is 0 Å². The number of aromatic nitrogens is 5. The number of amides is 1. The molecule has 3 heterocycles. The van der Waals surface area contributed by atoms with Gasteiger partial charge in [0, 0.05) is 31.0 Å². The van der Waals surface area contributed by atoms with Crippen LogP contribution in [0.5, 0.6) is 0 Å². The van der Waals surface area contributed by atoms with Crippen molar-refractivity contribution in [3.63, 3.8) is 0 Å². The number of carbonyl (C=O) groups is 1. The van der Waals surface area contributed by atoms with E-state index in [9.17, 15) is 4.79 Å². The van der Waals surface area contributed by atoms with E-state index in [0.717, 1.165) is 49.3 Å². The Hall–Kier alpha value is -2.96. The molecule has 140 valence electrons. The molecule has 0 spiro atoms. The fraction of sp³-hybridized carbons (Fsp3) is 0.400. The van der Waals surface area contributed by atoms with Gasteiger partial charge in [-0.1, -0.05) is 30.7 Å². The zero-order valence-electron chi connectivity index (χ0n) is 15.6. The maximum absolute atomic E-state index is 13.0. The first kappa shape index (κ1) is 17.5. The first-order valence-corrected chi connectivity index (χ1v) is 9.50. The minimum atomic E-state index is 0.0706. The summed E-state index contributed by atoms with van der Waals surface area (Å²) in [5, 5.41) is 8.63. The molecular formula is C20H24N6O. The second kappa shape index (κ2) is 7.73. The molecule has 7 heteroatoms. The van der Waals surface area contributed by atoms with Crippen molar-refractivity contribution in [2.75, 3.05) is 6.54 Å². The summed E-state index contributed by atoms with van der Waals surface area (Å²) < 4.78 is 3.90. The lowest BCUT2D eigenvalue weighted by molar-refractivity contribution is 0.0745. The van der Waals surface area contributed by atoms with Crippen LogP contribution in [0.1, 0.15) is 47.1 Å². The second-order valence-electron chi connectivity index (χ2n) is 6.97. The molecule has 1 aliphatic rings. The van der Waals surface area contributed by atoms with Gasteiger partial charge in [-0.05, 0) is 30.5 Å². The Bertz CT molecular complexity index is 897. The van der Waals surface area contributed by atoms with Gasteiger partial charge in [0.05, 0.1) is 25.1 Å². The van der Waals surface area contributed by atoms with Crippen LogP contribution < -0.4 is 0 Å². The number of imidazole rings is 1. The summed E-state index contributed by atoms with van der Waals surface area (Å²) in [6.07, 6.45) is 8.45. The van der Waals surface area contributed by atoms with Gasteiger partial charge in [0.1, 0.15) is 5.69 Å². The van der Waals surface area contributed by atoms with Crippen molar-refractivity contribution in [3.05, 3.63) is 65.5 Å². The minimum absolute atomic E-state index is 0.0706. The predicted molar refractivity (Wildman–Crippen MR) is 101 cm³/mol. The Labute approximate surface area is 158 Å². The van der Waals surface area contributed by atoms with Crippen LogP contribution in [0.15, 0.2) is 43.0 Å². The molecule has 27 heavy (non-hydrogen) atoms. The van der Waals surface area contributed by atoms with E-state index < -0.39 is 0 Å². The van der Waals surface area contributed by atoms with E-state index in [2.05, 4.69) is 34.4 Å². The Morgan fingerprint density at radius 3 is 2.78 bits per heavy atom. The molecule has 0 fully saturated rings. The molecule has 7 nitrogen and oxygen atoms in total.